The molecule has 1 rings (SSSR count). The average Bonchev–Trinajstić information content (AvgIpc) is 2.11. The number of ketones is 1. The van der Waals surface area contributed by atoms with Gasteiger partial charge in [-0.2, -0.15) is 0 Å². The van der Waals surface area contributed by atoms with Crippen LogP contribution in [-0.4, -0.2) is 11.8 Å². The predicted molar refractivity (Wildman–Crippen MR) is 48.7 cm³/mol. The molecular formula is C10H11F2NO. The number of Topliss-reactive ketones (excluding diaryl/α,β-unsaturated/α-hetero) is 1. The first-order chi connectivity index (χ1) is 6.52. The van der Waals surface area contributed by atoms with Gasteiger partial charge in [0.25, 0.3) is 0 Å². The van der Waals surface area contributed by atoms with Gasteiger partial charge in [0.1, 0.15) is 11.6 Å². The Balaban J connectivity index is 2.91. The van der Waals surface area contributed by atoms with E-state index < -0.39 is 17.7 Å². The Morgan fingerprint density at radius 2 is 1.93 bits per heavy atom. The lowest BCUT2D eigenvalue weighted by Gasteiger charge is -2.06. The molecule has 0 saturated heterocycles. The third-order valence-electron chi connectivity index (χ3n) is 1.92. The lowest BCUT2D eigenvalue weighted by molar-refractivity contribution is -0.119. The van der Waals surface area contributed by atoms with Crippen LogP contribution in [0.15, 0.2) is 18.2 Å². The second-order valence-corrected chi connectivity index (χ2v) is 3.13. The van der Waals surface area contributed by atoms with Gasteiger partial charge in [-0.05, 0) is 19.1 Å². The Morgan fingerprint density at radius 3 is 2.36 bits per heavy atom. The van der Waals surface area contributed by atoms with E-state index in [4.69, 9.17) is 5.73 Å². The molecule has 0 radical (unpaired) electrons. The summed E-state index contributed by atoms with van der Waals surface area (Å²) in [5.74, 6) is -1.80. The van der Waals surface area contributed by atoms with Crippen molar-refractivity contribution in [3.63, 3.8) is 0 Å². The number of carbonyl (C=O) groups is 1. The van der Waals surface area contributed by atoms with E-state index in [0.29, 0.717) is 0 Å². The van der Waals surface area contributed by atoms with E-state index in [1.807, 2.05) is 0 Å². The van der Waals surface area contributed by atoms with E-state index in [1.165, 1.54) is 13.0 Å². The highest BCUT2D eigenvalue weighted by atomic mass is 19.1. The number of nitrogens with two attached hydrogens (primary N) is 1. The molecule has 1 unspecified atom stereocenters. The average molecular weight is 199 g/mol. The normalized spacial score (nSPS) is 12.6. The lowest BCUT2D eigenvalue weighted by atomic mass is 10.0. The fraction of sp³-hybridized carbons (Fsp3) is 0.300. The van der Waals surface area contributed by atoms with Crippen molar-refractivity contribution in [3.05, 3.63) is 35.4 Å². The van der Waals surface area contributed by atoms with Crippen molar-refractivity contribution < 1.29 is 13.6 Å². The lowest BCUT2D eigenvalue weighted by Crippen LogP contribution is -2.28. The largest absolute Gasteiger partial charge is 0.322 e. The van der Waals surface area contributed by atoms with E-state index in [1.54, 1.807) is 0 Å². The summed E-state index contributed by atoms with van der Waals surface area (Å²) in [7, 11) is 0. The van der Waals surface area contributed by atoms with E-state index in [-0.39, 0.29) is 17.8 Å². The maximum atomic E-state index is 13.0. The third kappa shape index (κ3) is 2.35. The van der Waals surface area contributed by atoms with Crippen LogP contribution in [0.2, 0.25) is 0 Å². The monoisotopic (exact) mass is 199 g/mol. The van der Waals surface area contributed by atoms with Gasteiger partial charge in [0.15, 0.2) is 5.78 Å². The van der Waals surface area contributed by atoms with E-state index in [2.05, 4.69) is 0 Å². The Bertz CT molecular complexity index is 330. The van der Waals surface area contributed by atoms with Crippen molar-refractivity contribution in [2.24, 2.45) is 5.73 Å². The first-order valence-electron chi connectivity index (χ1n) is 4.23. The molecule has 0 aromatic heterocycles. The summed E-state index contributed by atoms with van der Waals surface area (Å²) in [6.07, 6.45) is -0.295. The molecule has 0 heterocycles. The van der Waals surface area contributed by atoms with Crippen LogP contribution in [0.3, 0.4) is 0 Å². The standard InChI is InChI=1S/C10H11F2NO/c1-6(13)10(14)5-7-8(11)3-2-4-9(7)12/h2-4,6H,5,13H2,1H3. The topological polar surface area (TPSA) is 43.1 Å². The summed E-state index contributed by atoms with van der Waals surface area (Å²) in [4.78, 5) is 11.2. The van der Waals surface area contributed by atoms with Gasteiger partial charge < -0.3 is 5.73 Å². The van der Waals surface area contributed by atoms with Gasteiger partial charge in [-0.15, -0.1) is 0 Å². The first kappa shape index (κ1) is 10.8. The Labute approximate surface area is 80.7 Å². The molecule has 0 aliphatic heterocycles. The molecule has 0 bridgehead atoms. The molecule has 76 valence electrons. The molecule has 14 heavy (non-hydrogen) atoms. The van der Waals surface area contributed by atoms with Gasteiger partial charge in [-0.1, -0.05) is 6.07 Å². The predicted octanol–water partition coefficient (Wildman–Crippen LogP) is 1.42. The van der Waals surface area contributed by atoms with Crippen LogP contribution in [0.1, 0.15) is 12.5 Å². The summed E-state index contributed by atoms with van der Waals surface area (Å²) in [5, 5.41) is 0. The highest BCUT2D eigenvalue weighted by Crippen LogP contribution is 2.13. The quantitative estimate of drug-likeness (QED) is 0.800. The molecule has 1 aromatic rings. The molecule has 0 amide bonds. The SMILES string of the molecule is CC(N)C(=O)Cc1c(F)cccc1F. The van der Waals surface area contributed by atoms with Crippen molar-refractivity contribution >= 4 is 5.78 Å². The molecule has 4 heteroatoms. The number of carbonyl (C=O) groups excluding carboxylic acids is 1. The van der Waals surface area contributed by atoms with Crippen LogP contribution in [0.5, 0.6) is 0 Å². The van der Waals surface area contributed by atoms with Crippen LogP contribution in [-0.2, 0) is 11.2 Å². The molecule has 1 atom stereocenters. The Morgan fingerprint density at radius 1 is 1.43 bits per heavy atom. The summed E-state index contributed by atoms with van der Waals surface area (Å²) in [6.45, 7) is 1.49. The second-order valence-electron chi connectivity index (χ2n) is 3.13. The molecule has 0 aliphatic rings. The van der Waals surface area contributed by atoms with Gasteiger partial charge in [0, 0.05) is 12.0 Å². The maximum Gasteiger partial charge on any atom is 0.153 e. The van der Waals surface area contributed by atoms with Crippen molar-refractivity contribution in [1.82, 2.24) is 0 Å². The molecular weight excluding hydrogens is 188 g/mol. The van der Waals surface area contributed by atoms with Gasteiger partial charge >= 0.3 is 0 Å². The van der Waals surface area contributed by atoms with Crippen LogP contribution >= 0.6 is 0 Å². The maximum absolute atomic E-state index is 13.0. The van der Waals surface area contributed by atoms with Crippen LogP contribution in [0.25, 0.3) is 0 Å². The zero-order valence-corrected chi connectivity index (χ0v) is 7.76. The summed E-state index contributed by atoms with van der Waals surface area (Å²) < 4.78 is 26.1. The van der Waals surface area contributed by atoms with Gasteiger partial charge in [-0.3, -0.25) is 4.79 Å². The Kier molecular flexibility index (Phi) is 3.30. The third-order valence-corrected chi connectivity index (χ3v) is 1.92. The number of rotatable bonds is 3. The zero-order chi connectivity index (χ0) is 10.7. The number of halogens is 2. The minimum atomic E-state index is -0.709. The molecule has 0 saturated carbocycles. The molecule has 2 nitrogen and oxygen atoms in total. The van der Waals surface area contributed by atoms with E-state index in [9.17, 15) is 13.6 Å². The number of benzene rings is 1. The van der Waals surface area contributed by atoms with Crippen molar-refractivity contribution in [2.45, 2.75) is 19.4 Å². The smallest absolute Gasteiger partial charge is 0.153 e. The van der Waals surface area contributed by atoms with Gasteiger partial charge in [0.2, 0.25) is 0 Å². The van der Waals surface area contributed by atoms with E-state index >= 15 is 0 Å². The van der Waals surface area contributed by atoms with Gasteiger partial charge in [0.05, 0.1) is 6.04 Å². The molecule has 1 aromatic carbocycles. The highest BCUT2D eigenvalue weighted by Gasteiger charge is 2.15. The second kappa shape index (κ2) is 4.28. The van der Waals surface area contributed by atoms with Crippen LogP contribution in [0, 0.1) is 11.6 Å². The minimum Gasteiger partial charge on any atom is -0.322 e. The van der Waals surface area contributed by atoms with Crippen molar-refractivity contribution in [1.29, 1.82) is 0 Å². The fourth-order valence-electron chi connectivity index (χ4n) is 1.04. The van der Waals surface area contributed by atoms with Crippen molar-refractivity contribution in [3.8, 4) is 0 Å². The number of hydrogen-bond donors (Lipinski definition) is 1. The fourth-order valence-corrected chi connectivity index (χ4v) is 1.04. The summed E-state index contributed by atoms with van der Waals surface area (Å²) >= 11 is 0. The molecule has 0 spiro atoms. The molecule has 0 fully saturated rings. The zero-order valence-electron chi connectivity index (χ0n) is 7.76. The summed E-state index contributed by atoms with van der Waals surface area (Å²) in [5.41, 5.74) is 5.08. The van der Waals surface area contributed by atoms with E-state index in [0.717, 1.165) is 12.1 Å². The van der Waals surface area contributed by atoms with Crippen LogP contribution < -0.4 is 5.73 Å². The number of hydrogen-bond acceptors (Lipinski definition) is 2. The Hall–Kier alpha value is -1.29. The highest BCUT2D eigenvalue weighted by molar-refractivity contribution is 5.85. The molecule has 2 N–H and O–H groups in total. The van der Waals surface area contributed by atoms with Crippen molar-refractivity contribution in [2.75, 3.05) is 0 Å². The van der Waals surface area contributed by atoms with Gasteiger partial charge in [-0.25, -0.2) is 8.78 Å². The minimum absolute atomic E-state index is 0.213. The molecule has 0 aliphatic carbocycles. The summed E-state index contributed by atoms with van der Waals surface area (Å²) in [6, 6.07) is 2.79. The van der Waals surface area contributed by atoms with Crippen LogP contribution in [0.4, 0.5) is 8.78 Å². The first-order valence-corrected chi connectivity index (χ1v) is 4.23.